The van der Waals surface area contributed by atoms with E-state index < -0.39 is 5.82 Å². The molecule has 6 nitrogen and oxygen atoms in total. The van der Waals surface area contributed by atoms with Crippen LogP contribution in [0.25, 0.3) is 0 Å². The van der Waals surface area contributed by atoms with Crippen molar-refractivity contribution < 1.29 is 13.9 Å². The molecule has 0 radical (unpaired) electrons. The van der Waals surface area contributed by atoms with E-state index in [1.165, 1.54) is 0 Å². The van der Waals surface area contributed by atoms with Gasteiger partial charge in [-0.3, -0.25) is 9.69 Å². The second-order valence-electron chi connectivity index (χ2n) is 5.60. The largest absolute Gasteiger partial charge is 0.459 e. The number of carbonyl (C=O) groups excluding carboxylic acids is 1. The van der Waals surface area contributed by atoms with Crippen LogP contribution in [0, 0.1) is 5.82 Å². The number of nitrogens with zero attached hydrogens (tertiary/aromatic N) is 4. The van der Waals surface area contributed by atoms with E-state index in [0.29, 0.717) is 0 Å². The maximum absolute atomic E-state index is 12.9. The van der Waals surface area contributed by atoms with Crippen molar-refractivity contribution in [3.05, 3.63) is 30.9 Å². The number of piperazine rings is 1. The third-order valence-electron chi connectivity index (χ3n) is 3.84. The molecule has 126 valence electrons. The summed E-state index contributed by atoms with van der Waals surface area (Å²) >= 11 is 0. The van der Waals surface area contributed by atoms with Crippen LogP contribution in [0.1, 0.15) is 19.8 Å². The van der Waals surface area contributed by atoms with Crippen molar-refractivity contribution in [2.45, 2.75) is 25.9 Å². The van der Waals surface area contributed by atoms with E-state index in [4.69, 9.17) is 4.74 Å². The zero-order valence-electron chi connectivity index (χ0n) is 13.4. The number of carbonyl (C=O) groups is 1. The van der Waals surface area contributed by atoms with Gasteiger partial charge in [-0.15, -0.1) is 6.58 Å². The van der Waals surface area contributed by atoms with Crippen LogP contribution in [0.4, 0.5) is 4.39 Å². The third-order valence-corrected chi connectivity index (χ3v) is 3.84. The Morgan fingerprint density at radius 2 is 2.04 bits per heavy atom. The summed E-state index contributed by atoms with van der Waals surface area (Å²) in [6.07, 6.45) is 5.55. The Bertz CT molecular complexity index is 515. The maximum atomic E-state index is 12.9. The lowest BCUT2D eigenvalue weighted by molar-refractivity contribution is -0.130. The number of amides is 1. The van der Waals surface area contributed by atoms with Crippen molar-refractivity contribution in [2.24, 2.45) is 0 Å². The van der Waals surface area contributed by atoms with E-state index in [-0.39, 0.29) is 18.0 Å². The molecule has 0 aromatic carbocycles. The first-order valence-corrected chi connectivity index (χ1v) is 7.81. The molecule has 0 saturated carbocycles. The van der Waals surface area contributed by atoms with Crippen LogP contribution in [-0.4, -0.2) is 64.5 Å². The molecule has 0 N–H and O–H groups in total. The molecule has 2 heterocycles. The zero-order chi connectivity index (χ0) is 16.7. The van der Waals surface area contributed by atoms with E-state index in [0.717, 1.165) is 58.0 Å². The van der Waals surface area contributed by atoms with E-state index in [1.54, 1.807) is 6.92 Å². The molecule has 1 fully saturated rings. The van der Waals surface area contributed by atoms with E-state index in [9.17, 15) is 9.18 Å². The smallest absolute Gasteiger partial charge is 0.316 e. The number of hydrogen-bond donors (Lipinski definition) is 0. The van der Waals surface area contributed by atoms with Gasteiger partial charge >= 0.3 is 6.01 Å². The Kier molecular flexibility index (Phi) is 6.46. The molecule has 0 spiro atoms. The Hall–Kier alpha value is -2.02. The number of rotatable bonds is 7. The van der Waals surface area contributed by atoms with E-state index in [2.05, 4.69) is 21.4 Å². The molecule has 0 unspecified atom stereocenters. The van der Waals surface area contributed by atoms with Gasteiger partial charge in [-0.1, -0.05) is 6.08 Å². The zero-order valence-corrected chi connectivity index (χ0v) is 13.4. The van der Waals surface area contributed by atoms with E-state index in [1.807, 2.05) is 11.0 Å². The van der Waals surface area contributed by atoms with Crippen LogP contribution < -0.4 is 4.74 Å². The van der Waals surface area contributed by atoms with Crippen LogP contribution in [0.3, 0.4) is 0 Å². The summed E-state index contributed by atoms with van der Waals surface area (Å²) in [5.74, 6) is -0.371. The minimum atomic E-state index is -0.486. The summed E-state index contributed by atoms with van der Waals surface area (Å²) < 4.78 is 18.7. The van der Waals surface area contributed by atoms with Crippen molar-refractivity contribution >= 4 is 5.91 Å². The minimum absolute atomic E-state index is 0.0951. The average Bonchev–Trinajstić information content (AvgIpc) is 2.55. The van der Waals surface area contributed by atoms with E-state index >= 15 is 0 Å². The second-order valence-corrected chi connectivity index (χ2v) is 5.60. The fourth-order valence-corrected chi connectivity index (χ4v) is 2.53. The van der Waals surface area contributed by atoms with Gasteiger partial charge in [0.1, 0.15) is 6.10 Å². The van der Waals surface area contributed by atoms with Crippen molar-refractivity contribution in [1.29, 1.82) is 0 Å². The fraction of sp³-hybridized carbons (Fsp3) is 0.562. The first-order chi connectivity index (χ1) is 11.1. The van der Waals surface area contributed by atoms with Crippen LogP contribution in [-0.2, 0) is 4.79 Å². The molecule has 0 bridgehead atoms. The summed E-state index contributed by atoms with van der Waals surface area (Å²) in [4.78, 5) is 23.2. The molecular weight excluding hydrogens is 299 g/mol. The van der Waals surface area contributed by atoms with Crippen molar-refractivity contribution in [3.63, 3.8) is 0 Å². The highest BCUT2D eigenvalue weighted by Gasteiger charge is 2.22. The molecule has 1 amide bonds. The highest BCUT2D eigenvalue weighted by molar-refractivity contribution is 5.73. The molecule has 1 aromatic heterocycles. The topological polar surface area (TPSA) is 58.6 Å². The highest BCUT2D eigenvalue weighted by atomic mass is 19.1. The van der Waals surface area contributed by atoms with Gasteiger partial charge in [0, 0.05) is 39.6 Å². The molecule has 1 saturated heterocycles. The van der Waals surface area contributed by atoms with Crippen LogP contribution >= 0.6 is 0 Å². The lowest BCUT2D eigenvalue weighted by Crippen LogP contribution is -2.50. The van der Waals surface area contributed by atoms with Crippen LogP contribution in [0.5, 0.6) is 6.01 Å². The predicted molar refractivity (Wildman–Crippen MR) is 84.5 cm³/mol. The standard InChI is InChI=1S/C16H23FN4O2/c1-3-4-5-15(23-16-18-10-14(17)11-19-16)12-20-6-8-21(9-7-20)13(2)22/h3,10-11,15H,1,4-9,12H2,2H3/t15-/m1/s1. The van der Waals surface area contributed by atoms with Crippen molar-refractivity contribution in [3.8, 4) is 6.01 Å². The van der Waals surface area contributed by atoms with Crippen molar-refractivity contribution in [2.75, 3.05) is 32.7 Å². The summed E-state index contributed by atoms with van der Waals surface area (Å²) in [6.45, 7) is 9.15. The monoisotopic (exact) mass is 322 g/mol. The van der Waals surface area contributed by atoms with Crippen LogP contribution in [0.15, 0.2) is 25.0 Å². The first-order valence-electron chi connectivity index (χ1n) is 7.81. The number of aromatic nitrogens is 2. The molecule has 1 aliphatic rings. The Balaban J connectivity index is 1.89. The van der Waals surface area contributed by atoms with Gasteiger partial charge in [0.2, 0.25) is 5.91 Å². The lowest BCUT2D eigenvalue weighted by Gasteiger charge is -2.35. The summed E-state index contributed by atoms with van der Waals surface area (Å²) in [5.41, 5.74) is 0. The molecular formula is C16H23FN4O2. The molecule has 2 rings (SSSR count). The van der Waals surface area contributed by atoms with Crippen molar-refractivity contribution in [1.82, 2.24) is 19.8 Å². The molecule has 1 atom stereocenters. The quantitative estimate of drug-likeness (QED) is 0.712. The number of hydrogen-bond acceptors (Lipinski definition) is 5. The summed E-state index contributed by atoms with van der Waals surface area (Å²) in [6, 6.07) is 0.183. The Morgan fingerprint density at radius 3 is 2.61 bits per heavy atom. The average molecular weight is 322 g/mol. The fourth-order valence-electron chi connectivity index (χ4n) is 2.53. The Morgan fingerprint density at radius 1 is 1.39 bits per heavy atom. The SMILES string of the molecule is C=CCC[C@H](CN1CCN(C(C)=O)CC1)Oc1ncc(F)cn1. The summed E-state index contributed by atoms with van der Waals surface area (Å²) in [5, 5.41) is 0. The molecule has 0 aliphatic carbocycles. The minimum Gasteiger partial charge on any atom is -0.459 e. The van der Waals surface area contributed by atoms with Crippen LogP contribution in [0.2, 0.25) is 0 Å². The number of allylic oxidation sites excluding steroid dienone is 1. The second kappa shape index (κ2) is 8.57. The normalized spacial score (nSPS) is 16.9. The lowest BCUT2D eigenvalue weighted by atomic mass is 10.1. The van der Waals surface area contributed by atoms with Gasteiger partial charge in [0.05, 0.1) is 12.4 Å². The highest BCUT2D eigenvalue weighted by Crippen LogP contribution is 2.12. The molecule has 1 aromatic rings. The van der Waals surface area contributed by atoms with Gasteiger partial charge in [-0.05, 0) is 12.8 Å². The summed E-state index contributed by atoms with van der Waals surface area (Å²) in [7, 11) is 0. The number of halogens is 1. The first kappa shape index (κ1) is 17.3. The number of ether oxygens (including phenoxy) is 1. The third kappa shape index (κ3) is 5.59. The van der Waals surface area contributed by atoms with Gasteiger partial charge in [0.15, 0.2) is 5.82 Å². The van der Waals surface area contributed by atoms with Gasteiger partial charge < -0.3 is 9.64 Å². The maximum Gasteiger partial charge on any atom is 0.316 e. The molecule has 7 heteroatoms. The molecule has 23 heavy (non-hydrogen) atoms. The molecule has 1 aliphatic heterocycles. The van der Waals surface area contributed by atoms with Gasteiger partial charge in [-0.2, -0.15) is 0 Å². The Labute approximate surface area is 136 Å². The van der Waals surface area contributed by atoms with Gasteiger partial charge in [-0.25, -0.2) is 14.4 Å². The predicted octanol–water partition coefficient (Wildman–Crippen LogP) is 1.49. The van der Waals surface area contributed by atoms with Gasteiger partial charge in [0.25, 0.3) is 0 Å².